The number of nitrogens with one attached hydrogen (secondary N) is 2. The van der Waals surface area contributed by atoms with Gasteiger partial charge in [0.1, 0.15) is 12.4 Å². The van der Waals surface area contributed by atoms with Crippen molar-refractivity contribution in [2.24, 2.45) is 4.99 Å². The van der Waals surface area contributed by atoms with Crippen LogP contribution in [0.1, 0.15) is 20.8 Å². The molecule has 0 fully saturated rings. The maximum atomic E-state index is 11.4. The Morgan fingerprint density at radius 3 is 2.46 bits per heavy atom. The lowest BCUT2D eigenvalue weighted by Gasteiger charge is -2.26. The fourth-order valence-electron chi connectivity index (χ4n) is 2.21. The third-order valence-electron chi connectivity index (χ3n) is 3.29. The molecule has 0 aromatic heterocycles. The predicted octanol–water partition coefficient (Wildman–Crippen LogP) is 1.94. The lowest BCUT2D eigenvalue weighted by atomic mass is 10.1. The zero-order chi connectivity index (χ0) is 19.8. The van der Waals surface area contributed by atoms with Gasteiger partial charge < -0.3 is 15.0 Å². The second kappa shape index (κ2) is 9.99. The summed E-state index contributed by atoms with van der Waals surface area (Å²) in [6.07, 6.45) is 1.14. The molecule has 0 spiro atoms. The van der Waals surface area contributed by atoms with Crippen molar-refractivity contribution in [1.82, 2.24) is 14.9 Å². The molecule has 0 atom stereocenters. The molecule has 0 bridgehead atoms. The minimum absolute atomic E-state index is 0.310. The van der Waals surface area contributed by atoms with Crippen LogP contribution in [0.2, 0.25) is 5.02 Å². The van der Waals surface area contributed by atoms with Crippen molar-refractivity contribution in [2.45, 2.75) is 26.3 Å². The Kier molecular flexibility index (Phi) is 8.66. The molecule has 2 N–H and O–H groups in total. The SMILES string of the molecule is CCNC(=NCC(C)(C)NS(C)(=O)=O)N(C)CCOc1ccc(Cl)cc1. The number of hydrogen-bond donors (Lipinski definition) is 2. The molecule has 0 saturated carbocycles. The second-order valence-electron chi connectivity index (χ2n) is 6.65. The van der Waals surface area contributed by atoms with Gasteiger partial charge in [-0.3, -0.25) is 4.99 Å². The number of ether oxygens (including phenoxy) is 1. The zero-order valence-corrected chi connectivity index (χ0v) is 17.6. The molecule has 0 amide bonds. The van der Waals surface area contributed by atoms with E-state index in [1.54, 1.807) is 26.0 Å². The van der Waals surface area contributed by atoms with Crippen LogP contribution in [0, 0.1) is 0 Å². The number of halogens is 1. The average Bonchev–Trinajstić information content (AvgIpc) is 2.51. The van der Waals surface area contributed by atoms with Crippen molar-refractivity contribution in [2.75, 3.05) is 39.5 Å². The van der Waals surface area contributed by atoms with Crippen LogP contribution in [-0.4, -0.2) is 64.4 Å². The predicted molar refractivity (Wildman–Crippen MR) is 108 cm³/mol. The van der Waals surface area contributed by atoms with E-state index < -0.39 is 15.6 Å². The fourth-order valence-corrected chi connectivity index (χ4v) is 3.41. The van der Waals surface area contributed by atoms with E-state index in [0.29, 0.717) is 37.2 Å². The summed E-state index contributed by atoms with van der Waals surface area (Å²) in [6, 6.07) is 7.20. The number of hydrogen-bond acceptors (Lipinski definition) is 4. The molecule has 0 unspecified atom stereocenters. The van der Waals surface area contributed by atoms with Crippen LogP contribution < -0.4 is 14.8 Å². The van der Waals surface area contributed by atoms with Crippen LogP contribution in [0.15, 0.2) is 29.3 Å². The van der Waals surface area contributed by atoms with Gasteiger partial charge in [-0.25, -0.2) is 13.1 Å². The van der Waals surface area contributed by atoms with Crippen molar-refractivity contribution in [3.05, 3.63) is 29.3 Å². The number of likely N-dealkylation sites (N-methyl/N-ethyl adjacent to an activating group) is 1. The first-order chi connectivity index (χ1) is 12.0. The maximum absolute atomic E-state index is 11.4. The molecule has 1 aromatic rings. The van der Waals surface area contributed by atoms with Crippen molar-refractivity contribution in [3.8, 4) is 5.75 Å². The molecule has 0 aliphatic rings. The summed E-state index contributed by atoms with van der Waals surface area (Å²) in [6.45, 7) is 7.69. The Hall–Kier alpha value is -1.51. The lowest BCUT2D eigenvalue weighted by molar-refractivity contribution is 0.281. The normalized spacial score (nSPS) is 12.8. The van der Waals surface area contributed by atoms with E-state index in [4.69, 9.17) is 16.3 Å². The van der Waals surface area contributed by atoms with Gasteiger partial charge in [-0.15, -0.1) is 0 Å². The van der Waals surface area contributed by atoms with Gasteiger partial charge in [-0.05, 0) is 45.0 Å². The number of nitrogens with zero attached hydrogens (tertiary/aromatic N) is 2. The summed E-state index contributed by atoms with van der Waals surface area (Å²) in [5.41, 5.74) is -0.672. The standard InChI is InChI=1S/C17H29ClN4O3S/c1-6-19-16(20-13-17(2,3)21-26(5,23)24)22(4)11-12-25-15-9-7-14(18)8-10-15/h7-10,21H,6,11-13H2,1-5H3,(H,19,20). The van der Waals surface area contributed by atoms with E-state index in [2.05, 4.69) is 15.0 Å². The topological polar surface area (TPSA) is 83.0 Å². The Bertz CT molecular complexity index is 690. The molecular formula is C17H29ClN4O3S. The summed E-state index contributed by atoms with van der Waals surface area (Å²) in [5, 5.41) is 3.87. The van der Waals surface area contributed by atoms with Crippen LogP contribution in [0.3, 0.4) is 0 Å². The molecule has 7 nitrogen and oxygen atoms in total. The Morgan fingerprint density at radius 2 is 1.92 bits per heavy atom. The van der Waals surface area contributed by atoms with E-state index in [1.807, 2.05) is 31.0 Å². The molecule has 1 aromatic carbocycles. The number of guanidine groups is 1. The van der Waals surface area contributed by atoms with Crippen LogP contribution in [0.5, 0.6) is 5.75 Å². The van der Waals surface area contributed by atoms with E-state index >= 15 is 0 Å². The average molecular weight is 405 g/mol. The Balaban J connectivity index is 2.61. The number of rotatable bonds is 9. The van der Waals surface area contributed by atoms with Gasteiger partial charge in [0.2, 0.25) is 10.0 Å². The monoisotopic (exact) mass is 404 g/mol. The largest absolute Gasteiger partial charge is 0.492 e. The highest BCUT2D eigenvalue weighted by Gasteiger charge is 2.22. The van der Waals surface area contributed by atoms with E-state index in [9.17, 15) is 8.42 Å². The van der Waals surface area contributed by atoms with E-state index in [1.165, 1.54) is 0 Å². The van der Waals surface area contributed by atoms with Gasteiger partial charge >= 0.3 is 0 Å². The zero-order valence-electron chi connectivity index (χ0n) is 16.0. The quantitative estimate of drug-likeness (QED) is 0.485. The smallest absolute Gasteiger partial charge is 0.209 e. The van der Waals surface area contributed by atoms with Gasteiger partial charge in [0.25, 0.3) is 0 Å². The van der Waals surface area contributed by atoms with Crippen molar-refractivity contribution >= 4 is 27.6 Å². The first kappa shape index (κ1) is 22.5. The van der Waals surface area contributed by atoms with Gasteiger partial charge in [-0.2, -0.15) is 0 Å². The maximum Gasteiger partial charge on any atom is 0.209 e. The van der Waals surface area contributed by atoms with E-state index in [-0.39, 0.29) is 0 Å². The highest BCUT2D eigenvalue weighted by Crippen LogP contribution is 2.15. The first-order valence-corrected chi connectivity index (χ1v) is 10.7. The lowest BCUT2D eigenvalue weighted by Crippen LogP contribution is -2.47. The number of sulfonamides is 1. The molecule has 0 radical (unpaired) electrons. The van der Waals surface area contributed by atoms with Gasteiger partial charge in [-0.1, -0.05) is 11.6 Å². The third kappa shape index (κ3) is 9.26. The molecule has 0 aliphatic carbocycles. The minimum atomic E-state index is -3.29. The molecule has 148 valence electrons. The second-order valence-corrected chi connectivity index (χ2v) is 8.84. The van der Waals surface area contributed by atoms with Gasteiger partial charge in [0.15, 0.2) is 5.96 Å². The summed E-state index contributed by atoms with van der Waals surface area (Å²) >= 11 is 5.85. The van der Waals surface area contributed by atoms with Crippen LogP contribution in [-0.2, 0) is 10.0 Å². The molecule has 1 rings (SSSR count). The van der Waals surface area contributed by atoms with Crippen LogP contribution in [0.4, 0.5) is 0 Å². The highest BCUT2D eigenvalue weighted by molar-refractivity contribution is 7.88. The number of aliphatic imine (C=N–C) groups is 1. The summed E-state index contributed by atoms with van der Waals surface area (Å²) in [5.74, 6) is 1.44. The molecule has 0 heterocycles. The number of benzene rings is 1. The molecular weight excluding hydrogens is 376 g/mol. The van der Waals surface area contributed by atoms with Crippen molar-refractivity contribution in [1.29, 1.82) is 0 Å². The summed E-state index contributed by atoms with van der Waals surface area (Å²) < 4.78 is 31.2. The highest BCUT2D eigenvalue weighted by atomic mass is 35.5. The fraction of sp³-hybridized carbons (Fsp3) is 0.588. The van der Waals surface area contributed by atoms with Gasteiger partial charge in [0, 0.05) is 24.2 Å². The first-order valence-electron chi connectivity index (χ1n) is 8.39. The van der Waals surface area contributed by atoms with Crippen LogP contribution in [0.25, 0.3) is 0 Å². The molecule has 0 aliphatic heterocycles. The molecule has 26 heavy (non-hydrogen) atoms. The van der Waals surface area contributed by atoms with Crippen molar-refractivity contribution in [3.63, 3.8) is 0 Å². The van der Waals surface area contributed by atoms with Crippen molar-refractivity contribution < 1.29 is 13.2 Å². The van der Waals surface area contributed by atoms with Crippen LogP contribution >= 0.6 is 11.6 Å². The summed E-state index contributed by atoms with van der Waals surface area (Å²) in [4.78, 5) is 6.48. The summed E-state index contributed by atoms with van der Waals surface area (Å²) in [7, 11) is -1.39. The van der Waals surface area contributed by atoms with Gasteiger partial charge in [0.05, 0.1) is 19.3 Å². The molecule has 9 heteroatoms. The Labute approximate surface area is 161 Å². The minimum Gasteiger partial charge on any atom is -0.492 e. The third-order valence-corrected chi connectivity index (χ3v) is 4.47. The molecule has 0 saturated heterocycles. The van der Waals surface area contributed by atoms with E-state index in [0.717, 1.165) is 12.0 Å². The Morgan fingerprint density at radius 1 is 1.31 bits per heavy atom.